The zero-order chi connectivity index (χ0) is 13.0. The summed E-state index contributed by atoms with van der Waals surface area (Å²) in [4.78, 5) is 0. The van der Waals surface area contributed by atoms with Gasteiger partial charge in [-0.3, -0.25) is 0 Å². The van der Waals surface area contributed by atoms with Crippen molar-refractivity contribution >= 4 is 0 Å². The Balaban J connectivity index is 1.98. The van der Waals surface area contributed by atoms with Gasteiger partial charge in [-0.15, -0.1) is 0 Å². The molecule has 4 atom stereocenters. The van der Waals surface area contributed by atoms with Crippen LogP contribution in [0.2, 0.25) is 0 Å². The molecule has 0 spiro atoms. The largest absolute Gasteiger partial charge is 0.396 e. The van der Waals surface area contributed by atoms with E-state index in [0.29, 0.717) is 18.6 Å². The van der Waals surface area contributed by atoms with Crippen LogP contribution < -0.4 is 11.1 Å². The van der Waals surface area contributed by atoms with Crippen LogP contribution in [0.4, 0.5) is 0 Å². The molecular weight excluding hydrogens is 224 g/mol. The lowest BCUT2D eigenvalue weighted by Gasteiger charge is -2.37. The Morgan fingerprint density at radius 2 is 2.00 bits per heavy atom. The molecule has 0 heterocycles. The Morgan fingerprint density at radius 1 is 1.17 bits per heavy atom. The van der Waals surface area contributed by atoms with Crippen molar-refractivity contribution in [1.29, 1.82) is 0 Å². The molecule has 4 unspecified atom stereocenters. The Labute approximate surface area is 112 Å². The van der Waals surface area contributed by atoms with Crippen molar-refractivity contribution < 1.29 is 5.11 Å². The van der Waals surface area contributed by atoms with Crippen molar-refractivity contribution in [3.05, 3.63) is 0 Å². The lowest BCUT2D eigenvalue weighted by Crippen LogP contribution is -2.56. The van der Waals surface area contributed by atoms with Crippen LogP contribution in [0.25, 0.3) is 0 Å². The van der Waals surface area contributed by atoms with Gasteiger partial charge in [0.05, 0.1) is 0 Å². The number of aliphatic hydroxyl groups is 1. The Kier molecular flexibility index (Phi) is 5.05. The van der Waals surface area contributed by atoms with Crippen LogP contribution in [0, 0.1) is 11.8 Å². The first-order valence-corrected chi connectivity index (χ1v) is 7.78. The number of nitrogens with one attached hydrogen (secondary N) is 1. The van der Waals surface area contributed by atoms with Gasteiger partial charge < -0.3 is 16.2 Å². The second kappa shape index (κ2) is 6.36. The standard InChI is InChI=1S/C15H30N2O/c1-12-4-3-8-15(11-16,9-7-12)17-14-6-2-5-13(14)10-18/h12-14,17-18H,2-11,16H2,1H3. The van der Waals surface area contributed by atoms with Gasteiger partial charge in [0.2, 0.25) is 0 Å². The lowest BCUT2D eigenvalue weighted by molar-refractivity contribution is 0.171. The average Bonchev–Trinajstić information content (AvgIpc) is 2.74. The maximum absolute atomic E-state index is 9.45. The fourth-order valence-corrected chi connectivity index (χ4v) is 3.83. The SMILES string of the molecule is CC1CCCC(CN)(NC2CCCC2CO)CC1. The zero-order valence-electron chi connectivity index (χ0n) is 11.8. The van der Waals surface area contributed by atoms with Crippen LogP contribution in [0.3, 0.4) is 0 Å². The van der Waals surface area contributed by atoms with E-state index < -0.39 is 0 Å². The summed E-state index contributed by atoms with van der Waals surface area (Å²) in [5, 5.41) is 13.3. The third kappa shape index (κ3) is 3.25. The van der Waals surface area contributed by atoms with E-state index in [1.807, 2.05) is 0 Å². The van der Waals surface area contributed by atoms with E-state index in [0.717, 1.165) is 12.5 Å². The molecule has 4 N–H and O–H groups in total. The van der Waals surface area contributed by atoms with Gasteiger partial charge in [0, 0.05) is 24.7 Å². The molecule has 106 valence electrons. The predicted molar refractivity (Wildman–Crippen MR) is 75.4 cm³/mol. The molecule has 2 aliphatic rings. The van der Waals surface area contributed by atoms with Crippen molar-refractivity contribution in [3.8, 4) is 0 Å². The molecule has 3 nitrogen and oxygen atoms in total. The highest BCUT2D eigenvalue weighted by Crippen LogP contribution is 2.33. The fourth-order valence-electron chi connectivity index (χ4n) is 3.83. The molecule has 0 aromatic carbocycles. The Bertz CT molecular complexity index is 259. The zero-order valence-corrected chi connectivity index (χ0v) is 11.8. The molecular formula is C15H30N2O. The van der Waals surface area contributed by atoms with Crippen molar-refractivity contribution in [2.45, 2.75) is 69.9 Å². The minimum absolute atomic E-state index is 0.146. The van der Waals surface area contributed by atoms with Crippen LogP contribution in [-0.4, -0.2) is 29.8 Å². The van der Waals surface area contributed by atoms with Crippen molar-refractivity contribution in [3.63, 3.8) is 0 Å². The number of nitrogens with two attached hydrogens (primary N) is 1. The van der Waals surface area contributed by atoms with Gasteiger partial charge in [0.1, 0.15) is 0 Å². The van der Waals surface area contributed by atoms with E-state index in [9.17, 15) is 5.11 Å². The minimum Gasteiger partial charge on any atom is -0.396 e. The molecule has 2 rings (SSSR count). The summed E-state index contributed by atoms with van der Waals surface area (Å²) in [6, 6.07) is 0.493. The summed E-state index contributed by atoms with van der Waals surface area (Å²) >= 11 is 0. The quantitative estimate of drug-likeness (QED) is 0.673. The summed E-state index contributed by atoms with van der Waals surface area (Å²) in [7, 11) is 0. The normalized spacial score (nSPS) is 41.8. The molecule has 0 aromatic rings. The maximum Gasteiger partial charge on any atom is 0.0474 e. The average molecular weight is 254 g/mol. The molecule has 18 heavy (non-hydrogen) atoms. The minimum atomic E-state index is 0.146. The van der Waals surface area contributed by atoms with Crippen molar-refractivity contribution in [1.82, 2.24) is 5.32 Å². The fraction of sp³-hybridized carbons (Fsp3) is 1.00. The highest BCUT2D eigenvalue weighted by molar-refractivity contribution is 4.96. The van der Waals surface area contributed by atoms with Crippen molar-refractivity contribution in [2.75, 3.05) is 13.2 Å². The van der Waals surface area contributed by atoms with Gasteiger partial charge in [-0.1, -0.05) is 26.2 Å². The van der Waals surface area contributed by atoms with E-state index in [2.05, 4.69) is 12.2 Å². The first kappa shape index (κ1) is 14.3. The number of hydrogen-bond donors (Lipinski definition) is 3. The molecule has 0 amide bonds. The molecule has 0 radical (unpaired) electrons. The summed E-state index contributed by atoms with van der Waals surface area (Å²) in [6.07, 6.45) is 9.98. The van der Waals surface area contributed by atoms with E-state index in [1.165, 1.54) is 51.4 Å². The summed E-state index contributed by atoms with van der Waals surface area (Å²) in [6.45, 7) is 3.43. The second-order valence-electron chi connectivity index (χ2n) is 6.64. The van der Waals surface area contributed by atoms with Gasteiger partial charge >= 0.3 is 0 Å². The lowest BCUT2D eigenvalue weighted by atomic mass is 9.87. The molecule has 0 saturated heterocycles. The van der Waals surface area contributed by atoms with Gasteiger partial charge in [0.15, 0.2) is 0 Å². The van der Waals surface area contributed by atoms with Crippen LogP contribution >= 0.6 is 0 Å². The number of hydrogen-bond acceptors (Lipinski definition) is 3. The molecule has 0 bridgehead atoms. The second-order valence-corrected chi connectivity index (χ2v) is 6.64. The van der Waals surface area contributed by atoms with Gasteiger partial charge in [-0.2, -0.15) is 0 Å². The van der Waals surface area contributed by atoms with Crippen molar-refractivity contribution in [2.24, 2.45) is 17.6 Å². The monoisotopic (exact) mass is 254 g/mol. The molecule has 0 aliphatic heterocycles. The summed E-state index contributed by atoms with van der Waals surface area (Å²) in [5.74, 6) is 1.30. The van der Waals surface area contributed by atoms with E-state index in [1.54, 1.807) is 0 Å². The topological polar surface area (TPSA) is 58.3 Å². The third-order valence-electron chi connectivity index (χ3n) is 5.24. The van der Waals surface area contributed by atoms with Gasteiger partial charge in [-0.05, 0) is 43.9 Å². The van der Waals surface area contributed by atoms with E-state index >= 15 is 0 Å². The Morgan fingerprint density at radius 3 is 2.72 bits per heavy atom. The molecule has 2 fully saturated rings. The summed E-state index contributed by atoms with van der Waals surface area (Å²) < 4.78 is 0. The Hall–Kier alpha value is -0.120. The van der Waals surface area contributed by atoms with Crippen LogP contribution in [0.5, 0.6) is 0 Å². The predicted octanol–water partition coefficient (Wildman–Crippen LogP) is 2.03. The van der Waals surface area contributed by atoms with E-state index in [4.69, 9.17) is 5.73 Å². The molecule has 2 aliphatic carbocycles. The van der Waals surface area contributed by atoms with E-state index in [-0.39, 0.29) is 5.54 Å². The number of aliphatic hydroxyl groups excluding tert-OH is 1. The van der Waals surface area contributed by atoms with Gasteiger partial charge in [0.25, 0.3) is 0 Å². The highest BCUT2D eigenvalue weighted by Gasteiger charge is 2.36. The molecule has 0 aromatic heterocycles. The van der Waals surface area contributed by atoms with Crippen LogP contribution in [0.15, 0.2) is 0 Å². The summed E-state index contributed by atoms with van der Waals surface area (Å²) in [5.41, 5.74) is 6.24. The molecule has 3 heteroatoms. The number of rotatable bonds is 4. The van der Waals surface area contributed by atoms with Crippen LogP contribution in [-0.2, 0) is 0 Å². The smallest absolute Gasteiger partial charge is 0.0474 e. The molecule has 2 saturated carbocycles. The first-order valence-electron chi connectivity index (χ1n) is 7.78. The third-order valence-corrected chi connectivity index (χ3v) is 5.24. The van der Waals surface area contributed by atoms with Gasteiger partial charge in [-0.25, -0.2) is 0 Å². The highest BCUT2D eigenvalue weighted by atomic mass is 16.3. The maximum atomic E-state index is 9.45. The first-order chi connectivity index (χ1) is 8.69. The van der Waals surface area contributed by atoms with Crippen LogP contribution in [0.1, 0.15) is 58.3 Å².